The largest absolute Gasteiger partial charge is 0.396 e. The Bertz CT molecular complexity index is 1610. The SMILES string of the molecule is C[C@@H]1O[C@@H](O[C@H]2[C@H](O[C@H]3CC[C@@]4(C)C(=CC[C@H]5[C@H]6C[C@@H]7O[C@]8(CC[C@@H](CO)CO8)[C@@H](C)[C@@H]7[C@@]6(C)CC[C@@H]54)C3)O[C@H](CO)[C@@H](O[C@@H]3O[C@@H](C)[C@H](O)[C@@H](O)[C@H]3O)[C@@H]2O)[C@H](O)[C@H](O)[C@H]1O. The number of rotatable bonds is 8. The minimum atomic E-state index is -1.71. The molecule has 8 fully saturated rings. The molecule has 1 spiro atoms. The van der Waals surface area contributed by atoms with E-state index in [1.165, 1.54) is 19.4 Å². The summed E-state index contributed by atoms with van der Waals surface area (Å²) in [5, 5.41) is 95.6. The Kier molecular flexibility index (Phi) is 12.9. The van der Waals surface area contributed by atoms with Crippen molar-refractivity contribution in [2.24, 2.45) is 46.3 Å². The van der Waals surface area contributed by atoms with Gasteiger partial charge in [0, 0.05) is 24.9 Å². The number of ether oxygens (including phenoxy) is 8. The van der Waals surface area contributed by atoms with Gasteiger partial charge in [-0.05, 0) is 99.7 Å². The molecule has 0 amide bonds. The summed E-state index contributed by atoms with van der Waals surface area (Å²) in [5.41, 5.74) is 1.44. The van der Waals surface area contributed by atoms with E-state index in [1.807, 2.05) is 0 Å². The van der Waals surface area contributed by atoms with Crippen molar-refractivity contribution in [3.8, 4) is 0 Å². The molecule has 5 heterocycles. The van der Waals surface area contributed by atoms with E-state index in [0.29, 0.717) is 43.1 Å². The molecule has 0 unspecified atom stereocenters. The van der Waals surface area contributed by atoms with Crippen molar-refractivity contribution in [3.05, 3.63) is 11.6 Å². The fourth-order valence-electron chi connectivity index (χ4n) is 14.1. The second-order valence-corrected chi connectivity index (χ2v) is 21.0. The molecule has 5 aliphatic heterocycles. The van der Waals surface area contributed by atoms with E-state index in [4.69, 9.17) is 37.9 Å². The quantitative estimate of drug-likeness (QED) is 0.148. The summed E-state index contributed by atoms with van der Waals surface area (Å²) >= 11 is 0. The molecular weight excluding hydrogens is 812 g/mol. The van der Waals surface area contributed by atoms with Gasteiger partial charge in [0.2, 0.25) is 0 Å². The first-order chi connectivity index (χ1) is 29.4. The molecule has 4 aliphatic carbocycles. The number of hydrogen-bond acceptors (Lipinski definition) is 17. The highest BCUT2D eigenvalue weighted by Crippen LogP contribution is 2.70. The van der Waals surface area contributed by atoms with E-state index in [-0.39, 0.29) is 41.5 Å². The Hall–Kier alpha value is -0.940. The lowest BCUT2D eigenvalue weighted by molar-refractivity contribution is -0.388. The predicted molar refractivity (Wildman–Crippen MR) is 214 cm³/mol. The zero-order chi connectivity index (χ0) is 44.2. The summed E-state index contributed by atoms with van der Waals surface area (Å²) in [4.78, 5) is 0. The van der Waals surface area contributed by atoms with Crippen molar-refractivity contribution in [2.45, 2.75) is 203 Å². The third-order valence-electron chi connectivity index (χ3n) is 17.8. The van der Waals surface area contributed by atoms with Crippen LogP contribution in [0.2, 0.25) is 0 Å². The van der Waals surface area contributed by atoms with E-state index in [2.05, 4.69) is 26.8 Å². The molecule has 3 saturated carbocycles. The fourth-order valence-corrected chi connectivity index (χ4v) is 14.1. The summed E-state index contributed by atoms with van der Waals surface area (Å²) in [6.07, 6.45) is -11.2. The lowest BCUT2D eigenvalue weighted by Gasteiger charge is -2.59. The molecule has 9 aliphatic rings. The Morgan fingerprint density at radius 3 is 1.95 bits per heavy atom. The molecule has 62 heavy (non-hydrogen) atoms. The van der Waals surface area contributed by atoms with Gasteiger partial charge in [0.25, 0.3) is 0 Å². The third kappa shape index (κ3) is 7.49. The van der Waals surface area contributed by atoms with Crippen LogP contribution in [0.4, 0.5) is 0 Å². The van der Waals surface area contributed by atoms with E-state index < -0.39 is 105 Å². The Labute approximate surface area is 363 Å². The highest BCUT2D eigenvalue weighted by atomic mass is 16.8. The van der Waals surface area contributed by atoms with Crippen molar-refractivity contribution in [1.29, 1.82) is 0 Å². The van der Waals surface area contributed by atoms with Crippen LogP contribution in [0.5, 0.6) is 0 Å². The number of hydrogen-bond donors (Lipinski definition) is 9. The minimum Gasteiger partial charge on any atom is -0.396 e. The van der Waals surface area contributed by atoms with E-state index >= 15 is 0 Å². The molecule has 0 aromatic rings. The first-order valence-corrected chi connectivity index (χ1v) is 23.4. The van der Waals surface area contributed by atoms with Gasteiger partial charge < -0.3 is 83.9 Å². The van der Waals surface area contributed by atoms with Gasteiger partial charge in [-0.1, -0.05) is 32.4 Å². The molecule has 5 saturated heterocycles. The van der Waals surface area contributed by atoms with Crippen LogP contribution in [0.25, 0.3) is 0 Å². The van der Waals surface area contributed by atoms with Crippen molar-refractivity contribution < 1.29 is 83.9 Å². The van der Waals surface area contributed by atoms with Crippen molar-refractivity contribution in [2.75, 3.05) is 19.8 Å². The zero-order valence-corrected chi connectivity index (χ0v) is 36.6. The van der Waals surface area contributed by atoms with Gasteiger partial charge in [-0.2, -0.15) is 0 Å². The monoisotopic (exact) mass is 884 g/mol. The van der Waals surface area contributed by atoms with Crippen LogP contribution in [-0.4, -0.2) is 176 Å². The first-order valence-electron chi connectivity index (χ1n) is 23.4. The second-order valence-electron chi connectivity index (χ2n) is 21.0. The second kappa shape index (κ2) is 17.3. The average Bonchev–Trinajstić information content (AvgIpc) is 3.70. The molecule has 0 radical (unpaired) electrons. The average molecular weight is 885 g/mol. The molecule has 0 aromatic carbocycles. The van der Waals surface area contributed by atoms with Crippen LogP contribution in [-0.2, 0) is 37.9 Å². The van der Waals surface area contributed by atoms with Crippen molar-refractivity contribution in [3.63, 3.8) is 0 Å². The summed E-state index contributed by atoms with van der Waals surface area (Å²) in [5.74, 6) is 1.89. The van der Waals surface area contributed by atoms with E-state index in [0.717, 1.165) is 44.9 Å². The molecule has 9 N–H and O–H groups in total. The normalized spacial score (nSPS) is 57.6. The smallest absolute Gasteiger partial charge is 0.187 e. The number of aliphatic hydroxyl groups is 9. The maximum atomic E-state index is 12.0. The third-order valence-corrected chi connectivity index (χ3v) is 17.8. The maximum Gasteiger partial charge on any atom is 0.187 e. The molecule has 9 rings (SSSR count). The van der Waals surface area contributed by atoms with Crippen LogP contribution in [0.1, 0.15) is 92.4 Å². The Morgan fingerprint density at radius 1 is 0.677 bits per heavy atom. The maximum absolute atomic E-state index is 12.0. The molecule has 354 valence electrons. The molecule has 0 bridgehead atoms. The summed E-state index contributed by atoms with van der Waals surface area (Å²) in [7, 11) is 0. The van der Waals surface area contributed by atoms with Gasteiger partial charge in [0.1, 0.15) is 61.0 Å². The summed E-state index contributed by atoms with van der Waals surface area (Å²) in [6, 6.07) is 0. The summed E-state index contributed by atoms with van der Waals surface area (Å²) in [6.45, 7) is 10.3. The zero-order valence-electron chi connectivity index (χ0n) is 36.6. The standard InChI is InChI=1S/C45H72O17/c1-19-30-28(62-45(19)13-8-22(16-46)18-55-45)15-27-25-7-6-23-14-24(9-11-43(23,4)26(25)10-12-44(27,30)5)58-42-39(61-41-36(53)34(51)32(49)21(3)57-41)37(54)38(29(17-47)59-42)60-40-35(52)33(50)31(48)20(2)56-40/h6,19-22,24-42,46-54H,7-18H2,1-5H3/t19-,20-,21-,22-,24-,25+,26-,27+,28-,29+,30-,31-,32-,33+,34+,35+,36+,37-,38+,39+,40-,41-,42+,43-,44-,45+/m0/s1. The van der Waals surface area contributed by atoms with Crippen LogP contribution in [0.3, 0.4) is 0 Å². The highest BCUT2D eigenvalue weighted by Gasteiger charge is 2.69. The topological polar surface area (TPSA) is 256 Å². The molecule has 0 aromatic heterocycles. The van der Waals surface area contributed by atoms with Crippen LogP contribution in [0.15, 0.2) is 11.6 Å². The van der Waals surface area contributed by atoms with Crippen LogP contribution >= 0.6 is 0 Å². The van der Waals surface area contributed by atoms with Gasteiger partial charge in [-0.25, -0.2) is 0 Å². The molecule has 17 nitrogen and oxygen atoms in total. The predicted octanol–water partition coefficient (Wildman–Crippen LogP) is 0.214. The number of fused-ring (bicyclic) bond motifs is 7. The van der Waals surface area contributed by atoms with Crippen LogP contribution < -0.4 is 0 Å². The highest BCUT2D eigenvalue weighted by molar-refractivity contribution is 5.26. The first kappa shape index (κ1) is 46.2. The fraction of sp³-hybridized carbons (Fsp3) is 0.956. The van der Waals surface area contributed by atoms with Crippen molar-refractivity contribution >= 4 is 0 Å². The van der Waals surface area contributed by atoms with Crippen molar-refractivity contribution in [1.82, 2.24) is 0 Å². The van der Waals surface area contributed by atoms with Gasteiger partial charge >= 0.3 is 0 Å². The minimum absolute atomic E-state index is 0.0417. The molecule has 17 heteroatoms. The van der Waals surface area contributed by atoms with Crippen LogP contribution in [0, 0.1) is 46.3 Å². The van der Waals surface area contributed by atoms with Gasteiger partial charge in [0.05, 0.1) is 37.6 Å². The number of aliphatic hydroxyl groups excluding tert-OH is 9. The Morgan fingerprint density at radius 2 is 1.34 bits per heavy atom. The van der Waals surface area contributed by atoms with Gasteiger partial charge in [0.15, 0.2) is 24.7 Å². The lowest BCUT2D eigenvalue weighted by Crippen LogP contribution is -2.66. The van der Waals surface area contributed by atoms with Gasteiger partial charge in [-0.15, -0.1) is 0 Å². The van der Waals surface area contributed by atoms with Gasteiger partial charge in [-0.3, -0.25) is 0 Å². The molecule has 26 atom stereocenters. The number of allylic oxidation sites excluding steroid dienone is 1. The lowest BCUT2D eigenvalue weighted by atomic mass is 9.47. The van der Waals surface area contributed by atoms with E-state index in [1.54, 1.807) is 0 Å². The summed E-state index contributed by atoms with van der Waals surface area (Å²) < 4.78 is 50.0. The molecular formula is C45H72O17. The van der Waals surface area contributed by atoms with E-state index in [9.17, 15) is 46.0 Å². The Balaban J connectivity index is 0.911.